The SMILES string of the molecule is COc1ccc(C(=O)N[C@@H](C)c2ccc(OC(F)F)cc2)c(O)c1. The second-order valence-corrected chi connectivity index (χ2v) is 5.03. The highest BCUT2D eigenvalue weighted by molar-refractivity contribution is 5.97. The number of ether oxygens (including phenoxy) is 2. The first kappa shape index (κ1) is 17.5. The van der Waals surface area contributed by atoms with Crippen LogP contribution in [0.2, 0.25) is 0 Å². The molecule has 0 bridgehead atoms. The lowest BCUT2D eigenvalue weighted by Crippen LogP contribution is -2.26. The van der Waals surface area contributed by atoms with Crippen LogP contribution in [0.25, 0.3) is 0 Å². The standard InChI is InChI=1S/C17H17F2NO4/c1-10(11-3-5-12(6-4-11)24-17(18)19)20-16(22)14-8-7-13(23-2)9-15(14)21/h3-10,17,21H,1-2H3,(H,20,22)/t10-/m0/s1. The minimum atomic E-state index is -2.88. The molecule has 2 rings (SSSR count). The zero-order valence-electron chi connectivity index (χ0n) is 13.1. The molecule has 0 aliphatic rings. The summed E-state index contributed by atoms with van der Waals surface area (Å²) >= 11 is 0. The Kier molecular flexibility index (Phi) is 5.57. The van der Waals surface area contributed by atoms with E-state index in [4.69, 9.17) is 4.74 Å². The number of carbonyl (C=O) groups is 1. The fourth-order valence-corrected chi connectivity index (χ4v) is 2.13. The Labute approximate surface area is 137 Å². The largest absolute Gasteiger partial charge is 0.507 e. The van der Waals surface area contributed by atoms with Gasteiger partial charge in [-0.2, -0.15) is 8.78 Å². The van der Waals surface area contributed by atoms with Crippen molar-refractivity contribution in [2.75, 3.05) is 7.11 Å². The highest BCUT2D eigenvalue weighted by atomic mass is 19.3. The van der Waals surface area contributed by atoms with E-state index in [0.717, 1.165) is 0 Å². The lowest BCUT2D eigenvalue weighted by Gasteiger charge is -2.16. The van der Waals surface area contributed by atoms with Gasteiger partial charge in [0.25, 0.3) is 5.91 Å². The molecule has 2 aromatic rings. The number of hydrogen-bond acceptors (Lipinski definition) is 4. The topological polar surface area (TPSA) is 67.8 Å². The number of carbonyl (C=O) groups excluding carboxylic acids is 1. The Bertz CT molecular complexity index is 704. The molecule has 1 amide bonds. The molecule has 0 saturated heterocycles. The number of methoxy groups -OCH3 is 1. The fraction of sp³-hybridized carbons (Fsp3) is 0.235. The molecule has 0 aliphatic heterocycles. The molecule has 128 valence electrons. The molecule has 0 saturated carbocycles. The summed E-state index contributed by atoms with van der Waals surface area (Å²) in [6.45, 7) is -1.15. The van der Waals surface area contributed by atoms with Gasteiger partial charge in [-0.3, -0.25) is 4.79 Å². The number of phenols is 1. The van der Waals surface area contributed by atoms with Crippen LogP contribution in [0.15, 0.2) is 42.5 Å². The maximum atomic E-state index is 12.2. The lowest BCUT2D eigenvalue weighted by molar-refractivity contribution is -0.0498. The van der Waals surface area contributed by atoms with Crippen LogP contribution in [-0.4, -0.2) is 24.7 Å². The van der Waals surface area contributed by atoms with Crippen LogP contribution in [0.1, 0.15) is 28.9 Å². The van der Waals surface area contributed by atoms with E-state index in [1.165, 1.54) is 31.4 Å². The second-order valence-electron chi connectivity index (χ2n) is 5.03. The van der Waals surface area contributed by atoms with Crippen molar-refractivity contribution in [1.29, 1.82) is 0 Å². The molecule has 0 radical (unpaired) electrons. The molecule has 2 N–H and O–H groups in total. The van der Waals surface area contributed by atoms with Gasteiger partial charge in [0.15, 0.2) is 0 Å². The highest BCUT2D eigenvalue weighted by Gasteiger charge is 2.15. The zero-order valence-corrected chi connectivity index (χ0v) is 13.1. The Morgan fingerprint density at radius 1 is 1.12 bits per heavy atom. The van der Waals surface area contributed by atoms with Crippen molar-refractivity contribution in [2.24, 2.45) is 0 Å². The molecule has 2 aromatic carbocycles. The molecular formula is C17H17F2NO4. The van der Waals surface area contributed by atoms with Crippen LogP contribution in [0.3, 0.4) is 0 Å². The Morgan fingerprint density at radius 3 is 2.29 bits per heavy atom. The van der Waals surface area contributed by atoms with Crippen molar-refractivity contribution in [3.8, 4) is 17.2 Å². The van der Waals surface area contributed by atoms with Gasteiger partial charge in [-0.15, -0.1) is 0 Å². The molecule has 1 atom stereocenters. The van der Waals surface area contributed by atoms with Crippen LogP contribution < -0.4 is 14.8 Å². The van der Waals surface area contributed by atoms with E-state index < -0.39 is 12.5 Å². The van der Waals surface area contributed by atoms with Gasteiger partial charge in [-0.25, -0.2) is 0 Å². The Balaban J connectivity index is 2.05. The number of amides is 1. The molecule has 5 nitrogen and oxygen atoms in total. The highest BCUT2D eigenvalue weighted by Crippen LogP contribution is 2.24. The molecule has 0 unspecified atom stereocenters. The summed E-state index contributed by atoms with van der Waals surface area (Å²) in [5, 5.41) is 12.6. The van der Waals surface area contributed by atoms with E-state index in [9.17, 15) is 18.7 Å². The number of nitrogens with one attached hydrogen (secondary N) is 1. The third-order valence-corrected chi connectivity index (χ3v) is 3.40. The summed E-state index contributed by atoms with van der Waals surface area (Å²) in [4.78, 5) is 12.2. The van der Waals surface area contributed by atoms with Gasteiger partial charge in [0, 0.05) is 6.07 Å². The molecule has 0 heterocycles. The number of halogens is 2. The van der Waals surface area contributed by atoms with Crippen molar-refractivity contribution in [3.05, 3.63) is 53.6 Å². The van der Waals surface area contributed by atoms with E-state index in [1.54, 1.807) is 25.1 Å². The molecule has 0 fully saturated rings. The van der Waals surface area contributed by atoms with Gasteiger partial charge in [0.05, 0.1) is 18.7 Å². The number of aromatic hydroxyl groups is 1. The second kappa shape index (κ2) is 7.63. The van der Waals surface area contributed by atoms with Crippen molar-refractivity contribution in [1.82, 2.24) is 5.32 Å². The van der Waals surface area contributed by atoms with Crippen LogP contribution in [0, 0.1) is 0 Å². The van der Waals surface area contributed by atoms with Crippen molar-refractivity contribution < 1.29 is 28.2 Å². The van der Waals surface area contributed by atoms with E-state index in [2.05, 4.69) is 10.1 Å². The van der Waals surface area contributed by atoms with Crippen LogP contribution in [0.5, 0.6) is 17.2 Å². The summed E-state index contributed by atoms with van der Waals surface area (Å²) in [7, 11) is 1.46. The number of alkyl halides is 2. The average Bonchev–Trinajstić information content (AvgIpc) is 2.54. The summed E-state index contributed by atoms with van der Waals surface area (Å²) in [5.74, 6) is -0.179. The van der Waals surface area contributed by atoms with Gasteiger partial charge >= 0.3 is 6.61 Å². The van der Waals surface area contributed by atoms with Gasteiger partial charge in [0.1, 0.15) is 17.2 Å². The third-order valence-electron chi connectivity index (χ3n) is 3.40. The minimum absolute atomic E-state index is 0.0417. The molecular weight excluding hydrogens is 320 g/mol. The number of hydrogen-bond donors (Lipinski definition) is 2. The van der Waals surface area contributed by atoms with Crippen molar-refractivity contribution in [3.63, 3.8) is 0 Å². The van der Waals surface area contributed by atoms with Crippen molar-refractivity contribution in [2.45, 2.75) is 19.6 Å². The van der Waals surface area contributed by atoms with Crippen LogP contribution in [-0.2, 0) is 0 Å². The molecule has 24 heavy (non-hydrogen) atoms. The van der Waals surface area contributed by atoms with E-state index >= 15 is 0 Å². The number of rotatable bonds is 6. The maximum Gasteiger partial charge on any atom is 0.387 e. The first-order valence-electron chi connectivity index (χ1n) is 7.13. The van der Waals surface area contributed by atoms with E-state index in [0.29, 0.717) is 11.3 Å². The quantitative estimate of drug-likeness (QED) is 0.847. The van der Waals surface area contributed by atoms with E-state index in [-0.39, 0.29) is 23.1 Å². The smallest absolute Gasteiger partial charge is 0.387 e. The summed E-state index contributed by atoms with van der Waals surface area (Å²) < 4.78 is 33.5. The Hall–Kier alpha value is -2.83. The first-order chi connectivity index (χ1) is 11.4. The summed E-state index contributed by atoms with van der Waals surface area (Å²) in [6, 6.07) is 9.93. The molecule has 7 heteroatoms. The van der Waals surface area contributed by atoms with Gasteiger partial charge in [0.2, 0.25) is 0 Å². The van der Waals surface area contributed by atoms with Gasteiger partial charge in [-0.05, 0) is 36.8 Å². The summed E-state index contributed by atoms with van der Waals surface area (Å²) in [6.07, 6.45) is 0. The average molecular weight is 337 g/mol. The van der Waals surface area contributed by atoms with Crippen LogP contribution >= 0.6 is 0 Å². The normalized spacial score (nSPS) is 11.9. The van der Waals surface area contributed by atoms with Gasteiger partial charge in [-0.1, -0.05) is 12.1 Å². The monoisotopic (exact) mass is 337 g/mol. The summed E-state index contributed by atoms with van der Waals surface area (Å²) in [5.41, 5.74) is 0.818. The van der Waals surface area contributed by atoms with E-state index in [1.807, 2.05) is 0 Å². The molecule has 0 aliphatic carbocycles. The maximum absolute atomic E-state index is 12.2. The van der Waals surface area contributed by atoms with Crippen molar-refractivity contribution >= 4 is 5.91 Å². The molecule has 0 spiro atoms. The van der Waals surface area contributed by atoms with Gasteiger partial charge < -0.3 is 19.9 Å². The third kappa shape index (κ3) is 4.34. The number of phenolic OH excluding ortho intramolecular Hbond substituents is 1. The first-order valence-corrected chi connectivity index (χ1v) is 7.13. The molecule has 0 aromatic heterocycles. The predicted molar refractivity (Wildman–Crippen MR) is 83.6 cm³/mol. The minimum Gasteiger partial charge on any atom is -0.507 e. The Morgan fingerprint density at radius 2 is 1.75 bits per heavy atom. The van der Waals surface area contributed by atoms with Crippen LogP contribution in [0.4, 0.5) is 8.78 Å². The zero-order chi connectivity index (χ0) is 17.7. The fourth-order valence-electron chi connectivity index (χ4n) is 2.13. The predicted octanol–water partition coefficient (Wildman–Crippen LogP) is 3.49. The lowest BCUT2D eigenvalue weighted by atomic mass is 10.1. The number of benzene rings is 2.